The molecule has 0 bridgehead atoms. The van der Waals surface area contributed by atoms with Crippen LogP contribution in [-0.2, 0) is 68.6 Å². The molecule has 22 heteroatoms. The van der Waals surface area contributed by atoms with Crippen molar-refractivity contribution in [2.45, 2.75) is 188 Å². The number of hydrogen-bond acceptors (Lipinski definition) is 16. The average molecular weight is 1170 g/mol. The van der Waals surface area contributed by atoms with Crippen LogP contribution in [-0.4, -0.2) is 121 Å². The Kier molecular flexibility index (Phi) is 22.3. The van der Waals surface area contributed by atoms with Gasteiger partial charge in [0.15, 0.2) is 0 Å². The molecule has 0 aromatic heterocycles. The minimum atomic E-state index is -1.44. The second-order valence-electron chi connectivity index (χ2n) is 25.1. The molecule has 5 aliphatic rings. The highest BCUT2D eigenvalue weighted by Gasteiger charge is 2.90. The van der Waals surface area contributed by atoms with Crippen LogP contribution in [0.15, 0.2) is 71.6 Å². The number of hydrogen-bond donors (Lipinski definition) is 8. The lowest BCUT2D eigenvalue weighted by atomic mass is 9.49. The van der Waals surface area contributed by atoms with Crippen molar-refractivity contribution in [2.24, 2.45) is 45.0 Å². The molecule has 1 saturated heterocycles. The topological polar surface area (TPSA) is 332 Å². The molecule has 22 nitrogen and oxygen atoms in total. The summed E-state index contributed by atoms with van der Waals surface area (Å²) in [4.78, 5) is 120. The van der Waals surface area contributed by atoms with Gasteiger partial charge >= 0.3 is 29.9 Å². The molecule has 1 aromatic rings. The molecular formula is C62H89N7O15. The SMILES string of the molecule is CCC[C@@H]1CCOC(=O)/C=C/C=C\C(=O)OC2=C3C4O[C@@H]5C=C(C)CC[C@]5(COC(=O)C1NC(=O)C(C)(C)CC(C)(C)CC(=O)OCc1ccc(NC(=O)[C@H](CCCNC(N)=O)NC(=O)C(NC(=O)CCCCCN)C(C)C)cc1)C2(C)[C@]34O. The van der Waals surface area contributed by atoms with Crippen LogP contribution >= 0.6 is 0 Å². The Balaban J connectivity index is 1.09. The summed E-state index contributed by atoms with van der Waals surface area (Å²) in [5, 5.41) is 26.0. The predicted octanol–water partition coefficient (Wildman–Crippen LogP) is 5.65. The minimum Gasteiger partial charge on any atom is -0.463 e. The van der Waals surface area contributed by atoms with E-state index in [1.807, 2.05) is 40.7 Å². The number of anilines is 1. The largest absolute Gasteiger partial charge is 0.463 e. The van der Waals surface area contributed by atoms with E-state index in [0.717, 1.165) is 24.5 Å². The molecule has 2 heterocycles. The molecular weight excluding hydrogens is 1080 g/mol. The molecule has 462 valence electrons. The summed E-state index contributed by atoms with van der Waals surface area (Å²) >= 11 is 0. The number of fused-ring (bicyclic) bond motifs is 1. The third kappa shape index (κ3) is 15.7. The molecule has 0 radical (unpaired) electrons. The third-order valence-corrected chi connectivity index (χ3v) is 17.1. The summed E-state index contributed by atoms with van der Waals surface area (Å²) in [7, 11) is 0. The highest BCUT2D eigenvalue weighted by atomic mass is 16.6. The number of unbranched alkanes of at least 4 members (excludes halogenated alkanes) is 2. The van der Waals surface area contributed by atoms with E-state index >= 15 is 0 Å². The maximum atomic E-state index is 14.8. The number of primary amides is 1. The summed E-state index contributed by atoms with van der Waals surface area (Å²) in [5.74, 6) is -5.08. The van der Waals surface area contributed by atoms with Crippen LogP contribution in [0.5, 0.6) is 0 Å². The summed E-state index contributed by atoms with van der Waals surface area (Å²) in [6.45, 7) is 16.7. The summed E-state index contributed by atoms with van der Waals surface area (Å²) < 4.78 is 30.0. The highest BCUT2D eigenvalue weighted by molar-refractivity contribution is 5.98. The number of carbonyl (C=O) groups excluding carboxylic acids is 9. The molecule has 2 aliphatic heterocycles. The zero-order valence-corrected chi connectivity index (χ0v) is 50.3. The summed E-state index contributed by atoms with van der Waals surface area (Å²) in [6.07, 6.45) is 11.0. The second kappa shape index (κ2) is 28.3. The maximum absolute atomic E-state index is 14.8. The molecule has 84 heavy (non-hydrogen) atoms. The lowest BCUT2D eigenvalue weighted by Crippen LogP contribution is -2.66. The number of esters is 4. The molecule has 9 atom stereocenters. The molecule has 4 unspecified atom stereocenters. The number of ether oxygens (including phenoxy) is 5. The van der Waals surface area contributed by atoms with Gasteiger partial charge in [-0.15, -0.1) is 0 Å². The molecule has 1 saturated carbocycles. The van der Waals surface area contributed by atoms with E-state index in [1.54, 1.807) is 52.0 Å². The molecule has 6 amide bonds. The van der Waals surface area contributed by atoms with Gasteiger partial charge in [-0.25, -0.2) is 19.2 Å². The van der Waals surface area contributed by atoms with Crippen molar-refractivity contribution in [3.8, 4) is 0 Å². The monoisotopic (exact) mass is 1170 g/mol. The van der Waals surface area contributed by atoms with Gasteiger partial charge < -0.3 is 66.8 Å². The molecule has 3 aliphatic carbocycles. The normalized spacial score (nSPS) is 26.5. The first-order valence-electron chi connectivity index (χ1n) is 29.5. The van der Waals surface area contributed by atoms with Crippen molar-refractivity contribution in [3.05, 3.63) is 77.1 Å². The van der Waals surface area contributed by atoms with Crippen molar-refractivity contribution < 1.29 is 71.9 Å². The first-order chi connectivity index (χ1) is 39.6. The summed E-state index contributed by atoms with van der Waals surface area (Å²) in [6, 6.07) is 2.69. The zero-order chi connectivity index (χ0) is 61.8. The minimum absolute atomic E-state index is 0.0751. The number of cyclic esters (lactones) is 2. The number of benzene rings is 1. The quantitative estimate of drug-likeness (QED) is 0.0254. The van der Waals surface area contributed by atoms with E-state index in [4.69, 9.17) is 35.2 Å². The number of nitrogens with one attached hydrogen (secondary N) is 5. The Morgan fingerprint density at radius 3 is 2.29 bits per heavy atom. The van der Waals surface area contributed by atoms with Crippen LogP contribution in [0.25, 0.3) is 0 Å². The van der Waals surface area contributed by atoms with Crippen LogP contribution < -0.4 is 38.1 Å². The number of allylic oxidation sites excluding steroid dienone is 3. The van der Waals surface area contributed by atoms with Gasteiger partial charge in [0.05, 0.1) is 30.0 Å². The van der Waals surface area contributed by atoms with Crippen LogP contribution in [0.4, 0.5) is 10.5 Å². The fraction of sp³-hybridized carbons (Fsp3) is 0.629. The van der Waals surface area contributed by atoms with Gasteiger partial charge in [-0.05, 0) is 113 Å². The Hall–Kier alpha value is -6.91. The highest BCUT2D eigenvalue weighted by Crippen LogP contribution is 2.81. The van der Waals surface area contributed by atoms with E-state index in [-0.39, 0.29) is 76.1 Å². The number of aliphatic hydroxyl groups is 1. The van der Waals surface area contributed by atoms with E-state index in [2.05, 4.69) is 26.6 Å². The number of nitrogens with two attached hydrogens (primary N) is 2. The Bertz CT molecular complexity index is 2750. The van der Waals surface area contributed by atoms with E-state index in [9.17, 15) is 48.3 Å². The van der Waals surface area contributed by atoms with Gasteiger partial charge in [0.2, 0.25) is 23.6 Å². The van der Waals surface area contributed by atoms with Gasteiger partial charge in [0, 0.05) is 41.8 Å². The first kappa shape index (κ1) is 66.2. The van der Waals surface area contributed by atoms with E-state index < -0.39 is 111 Å². The second-order valence-corrected chi connectivity index (χ2v) is 25.1. The molecule has 10 N–H and O–H groups in total. The Morgan fingerprint density at radius 2 is 1.62 bits per heavy atom. The van der Waals surface area contributed by atoms with Gasteiger partial charge in [-0.3, -0.25) is 24.0 Å². The molecule has 6 rings (SSSR count). The van der Waals surface area contributed by atoms with Crippen molar-refractivity contribution >= 4 is 59.2 Å². The smallest absolute Gasteiger partial charge is 0.335 e. The van der Waals surface area contributed by atoms with E-state index in [1.165, 1.54) is 18.2 Å². The zero-order valence-electron chi connectivity index (χ0n) is 50.3. The van der Waals surface area contributed by atoms with Crippen LogP contribution in [0.2, 0.25) is 0 Å². The number of amides is 6. The molecule has 1 spiro atoms. The number of carbonyl (C=O) groups is 9. The lowest BCUT2D eigenvalue weighted by molar-refractivity contribution is -0.234. The molecule has 2 fully saturated rings. The lowest BCUT2D eigenvalue weighted by Gasteiger charge is -2.59. The van der Waals surface area contributed by atoms with Gasteiger partial charge in [0.1, 0.15) is 48.8 Å². The van der Waals surface area contributed by atoms with Crippen molar-refractivity contribution in [1.29, 1.82) is 0 Å². The van der Waals surface area contributed by atoms with Crippen molar-refractivity contribution in [1.82, 2.24) is 21.3 Å². The summed E-state index contributed by atoms with van der Waals surface area (Å²) in [5.41, 5.74) is 7.67. The fourth-order valence-corrected chi connectivity index (χ4v) is 12.5. The van der Waals surface area contributed by atoms with Gasteiger partial charge in [0.25, 0.3) is 0 Å². The Morgan fingerprint density at radius 1 is 0.917 bits per heavy atom. The van der Waals surface area contributed by atoms with Crippen LogP contribution in [0.3, 0.4) is 0 Å². The molecule has 1 aromatic carbocycles. The fourth-order valence-electron chi connectivity index (χ4n) is 12.5. The van der Waals surface area contributed by atoms with Crippen LogP contribution in [0.1, 0.15) is 151 Å². The van der Waals surface area contributed by atoms with Crippen molar-refractivity contribution in [2.75, 3.05) is 31.6 Å². The van der Waals surface area contributed by atoms with E-state index in [0.29, 0.717) is 61.9 Å². The van der Waals surface area contributed by atoms with Gasteiger partial charge in [-0.1, -0.05) is 97.2 Å². The number of urea groups is 1. The number of rotatable bonds is 25. The van der Waals surface area contributed by atoms with Crippen molar-refractivity contribution in [3.63, 3.8) is 0 Å². The average Bonchev–Trinajstić information content (AvgIpc) is 1.43. The first-order valence-corrected chi connectivity index (χ1v) is 29.5. The Labute approximate surface area is 492 Å². The standard InChI is InChI=1S/C62H89N7O15/c1-10-17-40-27-31-80-45(71)20-13-14-21-46(72)84-51-48-52-62(48,79)60(51,9)61(28-26-38(4)32-43(61)83-52)36-82-55(76)50(40)69-56(77)59(7,8)35-58(5,6)33-47(73)81-34-39-22-24-41(25-23-39)66-53(74)42(18-16-30-65-57(64)78)67-54(75)49(37(2)3)68-44(70)19-12-11-15-29-63/h13-14,20-25,32,37,40,42-43,49-50,52,79H,10-12,15-19,26-31,33-36,63H2,1-9H3,(H,66,74)(H,67,75)(H,68,70)(H,69,77)(H3,64,65,78)/b20-13+,21-14-/t40-,42+,43-,49?,50?,52?,60?,61-,62+/m1/s1. The third-order valence-electron chi connectivity index (χ3n) is 17.1. The predicted molar refractivity (Wildman–Crippen MR) is 310 cm³/mol. The van der Waals surface area contributed by atoms with Crippen LogP contribution in [0, 0.1) is 33.5 Å². The maximum Gasteiger partial charge on any atom is 0.335 e. The van der Waals surface area contributed by atoms with Gasteiger partial charge in [-0.2, -0.15) is 0 Å².